The van der Waals surface area contributed by atoms with Crippen LogP contribution < -0.4 is 0 Å². The first-order chi connectivity index (χ1) is 8.92. The molecule has 1 nitrogen and oxygen atoms in total. The van der Waals surface area contributed by atoms with Crippen molar-refractivity contribution in [1.82, 2.24) is 0 Å². The van der Waals surface area contributed by atoms with Crippen LogP contribution in [0.2, 0.25) is 0 Å². The van der Waals surface area contributed by atoms with Crippen LogP contribution in [-0.4, -0.2) is 5.87 Å². The first-order valence-electron chi connectivity index (χ1n) is 5.71. The van der Waals surface area contributed by atoms with Crippen molar-refractivity contribution in [2.75, 3.05) is 0 Å². The third-order valence-corrected chi connectivity index (χ3v) is 4.68. The van der Waals surface area contributed by atoms with Crippen molar-refractivity contribution < 1.29 is 0 Å². The van der Waals surface area contributed by atoms with Gasteiger partial charge in [-0.3, -0.25) is 0 Å². The quantitative estimate of drug-likeness (QED) is 0.690. The molecule has 1 aromatic carbocycles. The molecule has 3 rings (SSSR count). The Morgan fingerprint density at radius 3 is 2.72 bits per heavy atom. The Morgan fingerprint density at radius 1 is 1.06 bits per heavy atom. The number of benzene rings is 1. The third kappa shape index (κ3) is 2.65. The fourth-order valence-electron chi connectivity index (χ4n) is 1.67. The van der Waals surface area contributed by atoms with Gasteiger partial charge in [0.05, 0.1) is 10.6 Å². The van der Waals surface area contributed by atoms with Crippen LogP contribution in [0.1, 0.15) is 11.3 Å². The van der Waals surface area contributed by atoms with Gasteiger partial charge in [-0.15, -0.1) is 11.3 Å². The van der Waals surface area contributed by atoms with Crippen molar-refractivity contribution in [2.45, 2.75) is 6.42 Å². The minimum Gasteiger partial charge on any atom is -0.205 e. The van der Waals surface area contributed by atoms with E-state index in [1.165, 1.54) is 14.7 Å². The summed E-state index contributed by atoms with van der Waals surface area (Å²) in [6.07, 6.45) is 3.19. The number of aliphatic imine (C=N–C) groups is 1. The minimum atomic E-state index is 0.939. The van der Waals surface area contributed by atoms with Gasteiger partial charge in [-0.1, -0.05) is 42.1 Å². The molecule has 0 bridgehead atoms. The van der Waals surface area contributed by atoms with Crippen LogP contribution in [0.4, 0.5) is 5.69 Å². The summed E-state index contributed by atoms with van der Waals surface area (Å²) in [5.41, 5.74) is 0.954. The Labute approximate surface area is 115 Å². The highest BCUT2D eigenvalue weighted by Gasteiger charge is 2.13. The molecule has 0 saturated carbocycles. The van der Waals surface area contributed by atoms with E-state index in [9.17, 15) is 0 Å². The van der Waals surface area contributed by atoms with Gasteiger partial charge in [-0.05, 0) is 29.4 Å². The number of rotatable bonds is 2. The molecule has 0 radical (unpaired) electrons. The van der Waals surface area contributed by atoms with Crippen LogP contribution in [-0.2, 0) is 0 Å². The van der Waals surface area contributed by atoms with Crippen LogP contribution in [0.25, 0.3) is 4.91 Å². The van der Waals surface area contributed by atoms with Crippen LogP contribution in [0, 0.1) is 0 Å². The second-order valence-corrected chi connectivity index (χ2v) is 5.92. The molecule has 3 heteroatoms. The fraction of sp³-hybridized carbons (Fsp3) is 0.0667. The summed E-state index contributed by atoms with van der Waals surface area (Å²) in [4.78, 5) is 8.21. The van der Waals surface area contributed by atoms with Crippen molar-refractivity contribution in [1.29, 1.82) is 0 Å². The van der Waals surface area contributed by atoms with E-state index < -0.39 is 0 Å². The average Bonchev–Trinajstić information content (AvgIpc) is 3.08. The summed E-state index contributed by atoms with van der Waals surface area (Å²) < 4.78 is 0. The largest absolute Gasteiger partial charge is 0.205 e. The Bertz CT molecular complexity index is 618. The molecule has 2 aromatic rings. The van der Waals surface area contributed by atoms with Crippen LogP contribution in [0.15, 0.2) is 63.8 Å². The topological polar surface area (TPSA) is 12.4 Å². The van der Waals surface area contributed by atoms with Crippen LogP contribution in [0.3, 0.4) is 0 Å². The maximum atomic E-state index is 4.37. The molecule has 1 aliphatic heterocycles. The Morgan fingerprint density at radius 2 is 1.94 bits per heavy atom. The van der Waals surface area contributed by atoms with Crippen molar-refractivity contribution in [3.8, 4) is 0 Å². The molecule has 88 valence electrons. The van der Waals surface area contributed by atoms with Gasteiger partial charge in [0.15, 0.2) is 0 Å². The molecule has 0 spiro atoms. The van der Waals surface area contributed by atoms with Crippen molar-refractivity contribution in [2.24, 2.45) is 4.99 Å². The summed E-state index contributed by atoms with van der Waals surface area (Å²) in [7, 11) is 0. The Balaban J connectivity index is 1.76. The zero-order chi connectivity index (χ0) is 12.2. The maximum Gasteiger partial charge on any atom is 0.0730 e. The third-order valence-electron chi connectivity index (χ3n) is 2.54. The van der Waals surface area contributed by atoms with E-state index in [4.69, 9.17) is 0 Å². The van der Waals surface area contributed by atoms with Gasteiger partial charge in [0.2, 0.25) is 0 Å². The molecule has 0 atom stereocenters. The Kier molecular flexibility index (Phi) is 3.47. The molecule has 0 unspecified atom stereocenters. The van der Waals surface area contributed by atoms with Gasteiger partial charge in [0, 0.05) is 16.2 Å². The lowest BCUT2D eigenvalue weighted by molar-refractivity contribution is 1.42. The van der Waals surface area contributed by atoms with Crippen LogP contribution in [0.5, 0.6) is 0 Å². The zero-order valence-electron chi connectivity index (χ0n) is 9.67. The monoisotopic (exact) mass is 269 g/mol. The predicted molar refractivity (Wildman–Crippen MR) is 81.6 cm³/mol. The molecule has 1 aliphatic rings. The molecular formula is C15H11NS2. The first-order valence-corrected chi connectivity index (χ1v) is 7.41. The first kappa shape index (κ1) is 11.5. The normalized spacial score (nSPS) is 14.2. The summed E-state index contributed by atoms with van der Waals surface area (Å²) in [6.45, 7) is 0. The van der Waals surface area contributed by atoms with Gasteiger partial charge < -0.3 is 0 Å². The number of nitrogens with zero attached hydrogens (tertiary/aromatic N) is 1. The number of para-hydroxylation sites is 1. The summed E-state index contributed by atoms with van der Waals surface area (Å²) in [5, 5.41) is 2.11. The van der Waals surface area contributed by atoms with Gasteiger partial charge in [0.1, 0.15) is 0 Å². The lowest BCUT2D eigenvalue weighted by Crippen LogP contribution is -1.69. The van der Waals surface area contributed by atoms with Gasteiger partial charge in [-0.25, -0.2) is 4.99 Å². The second-order valence-electron chi connectivity index (χ2n) is 3.83. The lowest BCUT2D eigenvalue weighted by atomic mass is 10.3. The highest BCUT2D eigenvalue weighted by molar-refractivity contribution is 8.12. The van der Waals surface area contributed by atoms with Crippen LogP contribution >= 0.6 is 23.1 Å². The summed E-state index contributed by atoms with van der Waals surface area (Å²) in [5.74, 6) is 3.15. The number of thiophene rings is 1. The van der Waals surface area contributed by atoms with Crippen molar-refractivity contribution in [3.63, 3.8) is 0 Å². The SMILES string of the molecule is C(=Nc1ccccc1)=C1CC=C(c2cccs2)S1. The van der Waals surface area contributed by atoms with Gasteiger partial charge >= 0.3 is 0 Å². The molecule has 0 N–H and O–H groups in total. The Hall–Kier alpha value is -1.54. The highest BCUT2D eigenvalue weighted by atomic mass is 32.2. The highest BCUT2D eigenvalue weighted by Crippen LogP contribution is 2.42. The van der Waals surface area contributed by atoms with E-state index >= 15 is 0 Å². The van der Waals surface area contributed by atoms with E-state index in [1.807, 2.05) is 30.3 Å². The summed E-state index contributed by atoms with van der Waals surface area (Å²) in [6, 6.07) is 14.2. The molecule has 0 aliphatic carbocycles. The fourth-order valence-corrected chi connectivity index (χ4v) is 3.46. The smallest absolute Gasteiger partial charge is 0.0730 e. The number of hydrogen-bond donors (Lipinski definition) is 0. The van der Waals surface area contributed by atoms with Crippen molar-refractivity contribution in [3.05, 3.63) is 63.7 Å². The molecule has 0 fully saturated rings. The molecule has 2 heterocycles. The predicted octanol–water partition coefficient (Wildman–Crippen LogP) is 5.11. The second kappa shape index (κ2) is 5.40. The van der Waals surface area contributed by atoms with Gasteiger partial charge in [0.25, 0.3) is 0 Å². The molecular weight excluding hydrogens is 258 g/mol. The van der Waals surface area contributed by atoms with E-state index in [0.717, 1.165) is 12.1 Å². The molecule has 0 amide bonds. The number of thioether (sulfide) groups is 1. The minimum absolute atomic E-state index is 0.939. The van der Waals surface area contributed by atoms with E-state index in [1.54, 1.807) is 23.1 Å². The lowest BCUT2D eigenvalue weighted by Gasteiger charge is -1.94. The standard InChI is InChI=1S/C15H11NS2/c1-2-5-12(6-3-1)16-11-13-8-9-15(18-13)14-7-4-10-17-14/h1-7,9-10H,8H2. The van der Waals surface area contributed by atoms with Gasteiger partial charge in [-0.2, -0.15) is 0 Å². The van der Waals surface area contributed by atoms with Crippen molar-refractivity contribution >= 4 is 39.6 Å². The zero-order valence-corrected chi connectivity index (χ0v) is 11.3. The molecule has 1 aromatic heterocycles. The van der Waals surface area contributed by atoms with E-state index in [2.05, 4.69) is 34.5 Å². The summed E-state index contributed by atoms with van der Waals surface area (Å²) >= 11 is 3.55. The number of hydrogen-bond acceptors (Lipinski definition) is 3. The maximum absolute atomic E-state index is 4.37. The average molecular weight is 269 g/mol. The van der Waals surface area contributed by atoms with E-state index in [0.29, 0.717) is 0 Å². The molecule has 18 heavy (non-hydrogen) atoms. The number of allylic oxidation sites excluding steroid dienone is 2. The van der Waals surface area contributed by atoms with E-state index in [-0.39, 0.29) is 0 Å². The molecule has 0 saturated heterocycles.